The van der Waals surface area contributed by atoms with Crippen LogP contribution >= 0.6 is 11.3 Å². The molecule has 0 atom stereocenters. The number of para-hydroxylation sites is 3. The molecule has 0 bridgehead atoms. The molecule has 4 aromatic heterocycles. The summed E-state index contributed by atoms with van der Waals surface area (Å²) in [5, 5.41) is 9.41. The van der Waals surface area contributed by atoms with Gasteiger partial charge < -0.3 is 8.98 Å². The number of aromatic nitrogens is 4. The zero-order valence-corrected chi connectivity index (χ0v) is 30.1. The highest BCUT2D eigenvalue weighted by Crippen LogP contribution is 2.44. The molecule has 0 aliphatic heterocycles. The van der Waals surface area contributed by atoms with Crippen LogP contribution in [0.15, 0.2) is 174 Å². The third kappa shape index (κ3) is 4.55. The molecule has 0 aliphatic rings. The highest BCUT2D eigenvalue weighted by atomic mass is 32.1. The van der Waals surface area contributed by atoms with Crippen molar-refractivity contribution in [2.24, 2.45) is 0 Å². The maximum atomic E-state index is 6.52. The summed E-state index contributed by atoms with van der Waals surface area (Å²) in [6, 6.07) is 59.7. The first kappa shape index (κ1) is 30.3. The third-order valence-corrected chi connectivity index (χ3v) is 12.1. The second-order valence-electron chi connectivity index (χ2n) is 14.0. The summed E-state index contributed by atoms with van der Waals surface area (Å²) < 4.78 is 11.3. The lowest BCUT2D eigenvalue weighted by Gasteiger charge is -2.13. The molecule has 0 radical (unpaired) electrons. The van der Waals surface area contributed by atoms with Crippen molar-refractivity contribution < 1.29 is 4.42 Å². The molecule has 0 saturated heterocycles. The van der Waals surface area contributed by atoms with E-state index in [9.17, 15) is 0 Å². The molecule has 0 saturated carbocycles. The smallest absolute Gasteiger partial charge is 0.167 e. The molecule has 256 valence electrons. The van der Waals surface area contributed by atoms with E-state index in [4.69, 9.17) is 19.4 Å². The first-order valence-electron chi connectivity index (χ1n) is 18.4. The van der Waals surface area contributed by atoms with Gasteiger partial charge in [-0.25, -0.2) is 15.0 Å². The van der Waals surface area contributed by atoms with Crippen LogP contribution in [0, 0.1) is 0 Å². The van der Waals surface area contributed by atoms with Gasteiger partial charge in [-0.15, -0.1) is 11.3 Å². The van der Waals surface area contributed by atoms with E-state index in [2.05, 4.69) is 132 Å². The van der Waals surface area contributed by atoms with Crippen LogP contribution in [0.1, 0.15) is 0 Å². The number of benzene rings is 8. The van der Waals surface area contributed by atoms with Gasteiger partial charge in [-0.1, -0.05) is 127 Å². The van der Waals surface area contributed by atoms with Crippen molar-refractivity contribution in [2.45, 2.75) is 0 Å². The minimum atomic E-state index is 0.566. The Morgan fingerprint density at radius 3 is 2.04 bits per heavy atom. The summed E-state index contributed by atoms with van der Waals surface area (Å²) in [6.07, 6.45) is 0. The molecular formula is C49H28N4OS. The fraction of sp³-hybridized carbons (Fsp3) is 0. The summed E-state index contributed by atoms with van der Waals surface area (Å²) in [7, 11) is 0. The van der Waals surface area contributed by atoms with Crippen molar-refractivity contribution in [2.75, 3.05) is 0 Å². The zero-order chi connectivity index (χ0) is 36.0. The van der Waals surface area contributed by atoms with Crippen molar-refractivity contribution in [3.63, 3.8) is 0 Å². The van der Waals surface area contributed by atoms with Gasteiger partial charge >= 0.3 is 0 Å². The number of furan rings is 1. The van der Waals surface area contributed by atoms with Crippen molar-refractivity contribution in [1.82, 2.24) is 19.5 Å². The van der Waals surface area contributed by atoms with Crippen LogP contribution in [0.25, 0.3) is 115 Å². The Bertz CT molecular complexity index is 3500. The van der Waals surface area contributed by atoms with Gasteiger partial charge in [-0.2, -0.15) is 0 Å². The molecule has 0 spiro atoms. The zero-order valence-electron chi connectivity index (χ0n) is 29.3. The minimum Gasteiger partial charge on any atom is -0.455 e. The Hall–Kier alpha value is -7.15. The van der Waals surface area contributed by atoms with Gasteiger partial charge in [0.25, 0.3) is 0 Å². The molecule has 4 heterocycles. The number of thiophene rings is 1. The molecular weight excluding hydrogens is 693 g/mol. The van der Waals surface area contributed by atoms with Gasteiger partial charge in [-0.05, 0) is 53.2 Å². The quantitative estimate of drug-likeness (QED) is 0.182. The van der Waals surface area contributed by atoms with Gasteiger partial charge in [0.05, 0.1) is 16.6 Å². The van der Waals surface area contributed by atoms with Gasteiger partial charge in [0.2, 0.25) is 0 Å². The van der Waals surface area contributed by atoms with E-state index in [1.165, 1.54) is 37.0 Å². The molecule has 0 N–H and O–H groups in total. The summed E-state index contributed by atoms with van der Waals surface area (Å²) >= 11 is 1.78. The SMILES string of the molecule is c1ccc(-c2nc(-c3cccc4c3oc3ccccc34)nc(-c3cc(-n4c5ccccc5c5c6ccccc6ccc54)cc4c3sc3ccccc34)n2)cc1. The number of fused-ring (bicyclic) bond motifs is 11. The molecule has 5 nitrogen and oxygen atoms in total. The molecule has 6 heteroatoms. The molecule has 0 aliphatic carbocycles. The van der Waals surface area contributed by atoms with E-state index < -0.39 is 0 Å². The van der Waals surface area contributed by atoms with Crippen LogP contribution < -0.4 is 0 Å². The average molecular weight is 721 g/mol. The lowest BCUT2D eigenvalue weighted by atomic mass is 10.0. The van der Waals surface area contributed by atoms with Gasteiger partial charge in [0.1, 0.15) is 11.2 Å². The van der Waals surface area contributed by atoms with Gasteiger partial charge in [-0.3, -0.25) is 0 Å². The first-order valence-corrected chi connectivity index (χ1v) is 19.2. The minimum absolute atomic E-state index is 0.566. The molecule has 8 aromatic carbocycles. The lowest BCUT2D eigenvalue weighted by Crippen LogP contribution is -2.01. The Morgan fingerprint density at radius 2 is 1.15 bits per heavy atom. The van der Waals surface area contributed by atoms with E-state index in [1.54, 1.807) is 11.3 Å². The van der Waals surface area contributed by atoms with Crippen molar-refractivity contribution in [1.29, 1.82) is 0 Å². The van der Waals surface area contributed by atoms with Crippen molar-refractivity contribution in [3.05, 3.63) is 170 Å². The van der Waals surface area contributed by atoms with Gasteiger partial charge in [0, 0.05) is 58.5 Å². The van der Waals surface area contributed by atoms with Crippen LogP contribution in [0.3, 0.4) is 0 Å². The molecule has 12 rings (SSSR count). The Morgan fingerprint density at radius 1 is 0.455 bits per heavy atom. The monoisotopic (exact) mass is 720 g/mol. The second kappa shape index (κ2) is 11.7. The summed E-state index contributed by atoms with van der Waals surface area (Å²) in [5.74, 6) is 1.79. The molecule has 0 amide bonds. The predicted molar refractivity (Wildman–Crippen MR) is 228 cm³/mol. The molecule has 0 fully saturated rings. The predicted octanol–water partition coefficient (Wildman–Crippen LogP) is 13.4. The number of rotatable bonds is 4. The van der Waals surface area contributed by atoms with Crippen LogP contribution in [-0.2, 0) is 0 Å². The highest BCUT2D eigenvalue weighted by Gasteiger charge is 2.22. The van der Waals surface area contributed by atoms with Crippen LogP contribution in [-0.4, -0.2) is 19.5 Å². The van der Waals surface area contributed by atoms with Crippen molar-refractivity contribution >= 4 is 86.0 Å². The molecule has 55 heavy (non-hydrogen) atoms. The average Bonchev–Trinajstić information content (AvgIpc) is 3.93. The number of nitrogens with zero attached hydrogens (tertiary/aromatic N) is 4. The topological polar surface area (TPSA) is 56.7 Å². The maximum absolute atomic E-state index is 6.52. The fourth-order valence-corrected chi connectivity index (χ4v) is 9.57. The summed E-state index contributed by atoms with van der Waals surface area (Å²) in [4.78, 5) is 15.8. The van der Waals surface area contributed by atoms with E-state index in [0.717, 1.165) is 60.0 Å². The standard InChI is InChI=1S/C49H28N4OS/c1-2-14-30(15-3-1)47-50-48(37-21-12-20-35-33-17-7-10-23-42(33)54-45(35)37)52-49(51-47)39-28-31(27-38-34-18-8-11-24-43(34)55-46(38)39)53-40-22-9-6-19-36(40)44-32-16-5-4-13-29(32)25-26-41(44)53/h1-28H. The van der Waals surface area contributed by atoms with E-state index in [-0.39, 0.29) is 0 Å². The molecule has 0 unspecified atom stereocenters. The van der Waals surface area contributed by atoms with Crippen LogP contribution in [0.5, 0.6) is 0 Å². The van der Waals surface area contributed by atoms with Crippen LogP contribution in [0.2, 0.25) is 0 Å². The van der Waals surface area contributed by atoms with E-state index in [1.807, 2.05) is 42.5 Å². The summed E-state index contributed by atoms with van der Waals surface area (Å²) in [5.41, 5.74) is 7.65. The Kier molecular flexibility index (Phi) is 6.44. The largest absolute Gasteiger partial charge is 0.455 e. The highest BCUT2D eigenvalue weighted by molar-refractivity contribution is 7.26. The van der Waals surface area contributed by atoms with Crippen molar-refractivity contribution in [3.8, 4) is 39.9 Å². The van der Waals surface area contributed by atoms with Crippen LogP contribution in [0.4, 0.5) is 0 Å². The number of hydrogen-bond donors (Lipinski definition) is 0. The van der Waals surface area contributed by atoms with E-state index in [0.29, 0.717) is 17.5 Å². The van der Waals surface area contributed by atoms with E-state index >= 15 is 0 Å². The molecule has 12 aromatic rings. The summed E-state index contributed by atoms with van der Waals surface area (Å²) in [6.45, 7) is 0. The maximum Gasteiger partial charge on any atom is 0.167 e. The second-order valence-corrected chi connectivity index (χ2v) is 15.0. The normalized spacial score (nSPS) is 12.0. The fourth-order valence-electron chi connectivity index (χ4n) is 8.38. The first-order chi connectivity index (χ1) is 27.3. The lowest BCUT2D eigenvalue weighted by molar-refractivity contribution is 0.669. The number of hydrogen-bond acceptors (Lipinski definition) is 5. The third-order valence-electron chi connectivity index (χ3n) is 10.8. The Balaban J connectivity index is 1.19. The Labute approximate surface area is 318 Å². The van der Waals surface area contributed by atoms with Gasteiger partial charge in [0.15, 0.2) is 17.5 Å².